The average molecular weight is 304 g/mol. The van der Waals surface area contributed by atoms with E-state index < -0.39 is 10.0 Å². The molecule has 8 heteroatoms. The van der Waals surface area contributed by atoms with Crippen LogP contribution in [-0.4, -0.2) is 37.0 Å². The van der Waals surface area contributed by atoms with Crippen molar-refractivity contribution in [3.8, 4) is 0 Å². The molecule has 0 saturated heterocycles. The summed E-state index contributed by atoms with van der Waals surface area (Å²) in [5.74, 6) is 0.139. The van der Waals surface area contributed by atoms with Crippen LogP contribution in [0.3, 0.4) is 0 Å². The molecule has 1 aliphatic carbocycles. The molecule has 0 spiro atoms. The summed E-state index contributed by atoms with van der Waals surface area (Å²) < 4.78 is 26.1. The van der Waals surface area contributed by atoms with E-state index in [2.05, 4.69) is 20.2 Å². The number of hydrogen-bond acceptors (Lipinski definition) is 6. The van der Waals surface area contributed by atoms with Crippen molar-refractivity contribution in [3.05, 3.63) is 5.01 Å². The Morgan fingerprint density at radius 1 is 1.32 bits per heavy atom. The normalized spacial score (nSPS) is 15.6. The van der Waals surface area contributed by atoms with Crippen molar-refractivity contribution in [1.29, 1.82) is 0 Å². The van der Waals surface area contributed by atoms with Gasteiger partial charge >= 0.3 is 0 Å². The number of rotatable bonds is 9. The molecule has 0 radical (unpaired) electrons. The fourth-order valence-corrected chi connectivity index (χ4v) is 3.70. The van der Waals surface area contributed by atoms with Crippen LogP contribution in [-0.2, 0) is 16.4 Å². The third-order valence-corrected chi connectivity index (χ3v) is 5.31. The number of anilines is 1. The molecule has 108 valence electrons. The van der Waals surface area contributed by atoms with Crippen LogP contribution < -0.4 is 10.0 Å². The first-order valence-corrected chi connectivity index (χ1v) is 9.12. The predicted molar refractivity (Wildman–Crippen MR) is 77.0 cm³/mol. The number of hydrogen-bond donors (Lipinski definition) is 2. The van der Waals surface area contributed by atoms with E-state index in [1.165, 1.54) is 24.2 Å². The van der Waals surface area contributed by atoms with E-state index in [0.717, 1.165) is 24.4 Å². The summed E-state index contributed by atoms with van der Waals surface area (Å²) in [6, 6.07) is 0.684. The third-order valence-electron chi connectivity index (χ3n) is 2.86. The van der Waals surface area contributed by atoms with Crippen molar-refractivity contribution in [2.75, 3.05) is 17.0 Å². The molecule has 1 fully saturated rings. The summed E-state index contributed by atoms with van der Waals surface area (Å²) >= 11 is 1.29. The van der Waals surface area contributed by atoms with Crippen LogP contribution in [0.2, 0.25) is 0 Å². The Hall–Kier alpha value is -0.730. The molecule has 1 heterocycles. The number of aromatic nitrogens is 2. The van der Waals surface area contributed by atoms with Crippen LogP contribution in [0.4, 0.5) is 5.13 Å². The molecule has 0 unspecified atom stereocenters. The summed E-state index contributed by atoms with van der Waals surface area (Å²) in [5, 5.41) is 12.3. The van der Waals surface area contributed by atoms with Gasteiger partial charge in [-0.15, -0.1) is 10.2 Å². The summed E-state index contributed by atoms with van der Waals surface area (Å²) in [4.78, 5) is 0. The van der Waals surface area contributed by atoms with Crippen molar-refractivity contribution >= 4 is 26.5 Å². The number of nitrogens with one attached hydrogen (secondary N) is 2. The van der Waals surface area contributed by atoms with Crippen molar-refractivity contribution in [3.63, 3.8) is 0 Å². The Morgan fingerprint density at radius 2 is 2.11 bits per heavy atom. The minimum absolute atomic E-state index is 0.139. The molecule has 19 heavy (non-hydrogen) atoms. The van der Waals surface area contributed by atoms with Gasteiger partial charge in [-0.3, -0.25) is 4.72 Å². The van der Waals surface area contributed by atoms with Crippen LogP contribution in [0.25, 0.3) is 0 Å². The molecule has 0 aliphatic heterocycles. The number of aryl methyl sites for hydroxylation is 1. The zero-order chi connectivity index (χ0) is 13.7. The third kappa shape index (κ3) is 5.42. The number of unbranched alkanes of at least 4 members (excludes halogenated alkanes) is 1. The van der Waals surface area contributed by atoms with Crippen LogP contribution in [0.5, 0.6) is 0 Å². The van der Waals surface area contributed by atoms with Crippen LogP contribution in [0.1, 0.15) is 37.6 Å². The van der Waals surface area contributed by atoms with E-state index >= 15 is 0 Å². The molecule has 1 aromatic rings. The Kier molecular flexibility index (Phi) is 5.12. The molecule has 0 bridgehead atoms. The molecule has 0 aromatic carbocycles. The average Bonchev–Trinajstić information content (AvgIpc) is 3.07. The van der Waals surface area contributed by atoms with E-state index in [9.17, 15) is 8.42 Å². The largest absolute Gasteiger partial charge is 0.314 e. The maximum absolute atomic E-state index is 11.8. The molecular weight excluding hydrogens is 284 g/mol. The minimum atomic E-state index is -3.28. The van der Waals surface area contributed by atoms with Crippen molar-refractivity contribution in [2.24, 2.45) is 0 Å². The van der Waals surface area contributed by atoms with E-state index in [0.29, 0.717) is 17.6 Å². The first kappa shape index (κ1) is 14.7. The van der Waals surface area contributed by atoms with Gasteiger partial charge in [-0.05, 0) is 38.6 Å². The Morgan fingerprint density at radius 3 is 2.74 bits per heavy atom. The van der Waals surface area contributed by atoms with E-state index in [1.54, 1.807) is 0 Å². The quantitative estimate of drug-likeness (QED) is 0.673. The van der Waals surface area contributed by atoms with Crippen LogP contribution in [0.15, 0.2) is 0 Å². The second kappa shape index (κ2) is 6.62. The summed E-state index contributed by atoms with van der Waals surface area (Å²) in [6.45, 7) is 2.87. The van der Waals surface area contributed by atoms with Gasteiger partial charge in [0, 0.05) is 6.04 Å². The minimum Gasteiger partial charge on any atom is -0.314 e. The van der Waals surface area contributed by atoms with Crippen molar-refractivity contribution in [2.45, 2.75) is 45.1 Å². The highest BCUT2D eigenvalue weighted by Crippen LogP contribution is 2.19. The molecule has 1 aromatic heterocycles. The molecule has 6 nitrogen and oxygen atoms in total. The predicted octanol–water partition coefficient (Wildman–Crippen LogP) is 1.37. The van der Waals surface area contributed by atoms with Crippen LogP contribution >= 0.6 is 11.3 Å². The highest BCUT2D eigenvalue weighted by molar-refractivity contribution is 7.92. The van der Waals surface area contributed by atoms with Crippen molar-refractivity contribution in [1.82, 2.24) is 15.5 Å². The first-order chi connectivity index (χ1) is 9.09. The molecule has 2 N–H and O–H groups in total. The highest BCUT2D eigenvalue weighted by Gasteiger charge is 2.19. The molecule has 2 rings (SSSR count). The van der Waals surface area contributed by atoms with Crippen molar-refractivity contribution < 1.29 is 8.42 Å². The molecule has 0 amide bonds. The molecule has 1 saturated carbocycles. The Labute approximate surface area is 118 Å². The maximum atomic E-state index is 11.8. The smallest absolute Gasteiger partial charge is 0.234 e. The van der Waals surface area contributed by atoms with E-state index in [4.69, 9.17) is 0 Å². The van der Waals surface area contributed by atoms with E-state index in [1.807, 2.05) is 6.92 Å². The second-order valence-corrected chi connectivity index (χ2v) is 7.61. The lowest BCUT2D eigenvalue weighted by Crippen LogP contribution is -2.20. The highest BCUT2D eigenvalue weighted by atomic mass is 32.2. The van der Waals surface area contributed by atoms with Gasteiger partial charge < -0.3 is 5.32 Å². The van der Waals surface area contributed by atoms with Gasteiger partial charge in [-0.2, -0.15) is 0 Å². The lowest BCUT2D eigenvalue weighted by molar-refractivity contribution is 0.590. The lowest BCUT2D eigenvalue weighted by Gasteiger charge is -2.05. The molecule has 0 atom stereocenters. The summed E-state index contributed by atoms with van der Waals surface area (Å²) in [5.41, 5.74) is 0. The zero-order valence-corrected chi connectivity index (χ0v) is 12.7. The van der Waals surface area contributed by atoms with Crippen LogP contribution in [0, 0.1) is 0 Å². The van der Waals surface area contributed by atoms with Gasteiger partial charge in [-0.25, -0.2) is 8.42 Å². The van der Waals surface area contributed by atoms with Gasteiger partial charge in [0.25, 0.3) is 0 Å². The zero-order valence-electron chi connectivity index (χ0n) is 11.1. The standard InChI is InChI=1S/C11H20N4O2S2/c1-2-10-13-14-11(18-10)15-19(16,17)8-4-3-7-12-9-5-6-9/h9,12H,2-8H2,1H3,(H,14,15). The van der Waals surface area contributed by atoms with Gasteiger partial charge in [0.05, 0.1) is 5.75 Å². The molecular formula is C11H20N4O2S2. The topological polar surface area (TPSA) is 84.0 Å². The Bertz CT molecular complexity index is 497. The van der Waals surface area contributed by atoms with Gasteiger partial charge in [-0.1, -0.05) is 18.3 Å². The monoisotopic (exact) mass is 304 g/mol. The number of nitrogens with zero attached hydrogens (tertiary/aromatic N) is 2. The number of sulfonamides is 1. The first-order valence-electron chi connectivity index (χ1n) is 6.65. The van der Waals surface area contributed by atoms with Gasteiger partial charge in [0.2, 0.25) is 15.2 Å². The Balaban J connectivity index is 1.68. The second-order valence-electron chi connectivity index (χ2n) is 4.71. The summed E-state index contributed by atoms with van der Waals surface area (Å²) in [7, 11) is -3.28. The maximum Gasteiger partial charge on any atom is 0.234 e. The summed E-state index contributed by atoms with van der Waals surface area (Å²) in [6.07, 6.45) is 4.84. The van der Waals surface area contributed by atoms with Gasteiger partial charge in [0.15, 0.2) is 0 Å². The fourth-order valence-electron chi connectivity index (χ4n) is 1.63. The lowest BCUT2D eigenvalue weighted by atomic mass is 10.3. The SMILES string of the molecule is CCc1nnc(NS(=O)(=O)CCCCNC2CC2)s1. The van der Waals surface area contributed by atoms with Gasteiger partial charge in [0.1, 0.15) is 5.01 Å². The fraction of sp³-hybridized carbons (Fsp3) is 0.818. The molecule has 1 aliphatic rings. The van der Waals surface area contributed by atoms with E-state index in [-0.39, 0.29) is 5.75 Å².